The van der Waals surface area contributed by atoms with Crippen molar-refractivity contribution >= 4 is 17.7 Å². The average molecular weight is 406 g/mol. The van der Waals surface area contributed by atoms with Gasteiger partial charge in [0.15, 0.2) is 5.16 Å². The summed E-state index contributed by atoms with van der Waals surface area (Å²) in [5.41, 5.74) is 0.518. The topological polar surface area (TPSA) is 59.8 Å². The minimum Gasteiger partial charge on any atom is -0.349 e. The van der Waals surface area contributed by atoms with Crippen LogP contribution in [0, 0.1) is 0 Å². The molecule has 0 aliphatic rings. The number of hydrogen-bond donors (Lipinski definition) is 1. The third kappa shape index (κ3) is 4.92. The SMILES string of the molecule is CC(NC(=O)CSc1nncn1-c1ccccc1)c1cccc(C(F)(F)F)c1. The lowest BCUT2D eigenvalue weighted by Gasteiger charge is -2.16. The van der Waals surface area contributed by atoms with Gasteiger partial charge in [-0.3, -0.25) is 9.36 Å². The number of halogens is 3. The van der Waals surface area contributed by atoms with Crippen molar-refractivity contribution in [1.29, 1.82) is 0 Å². The van der Waals surface area contributed by atoms with Gasteiger partial charge in [0, 0.05) is 5.69 Å². The molecule has 3 aromatic rings. The van der Waals surface area contributed by atoms with Crippen LogP contribution in [0.5, 0.6) is 0 Å². The Kier molecular flexibility index (Phi) is 6.03. The molecule has 146 valence electrons. The molecule has 1 atom stereocenters. The first-order valence-electron chi connectivity index (χ1n) is 8.39. The molecule has 9 heteroatoms. The van der Waals surface area contributed by atoms with E-state index in [0.29, 0.717) is 10.7 Å². The Hall–Kier alpha value is -2.81. The maximum absolute atomic E-state index is 12.8. The Morgan fingerprint density at radius 2 is 1.93 bits per heavy atom. The molecule has 0 radical (unpaired) electrons. The standard InChI is InChI=1S/C19H17F3N4OS/c1-13(14-6-5-7-15(10-14)19(20,21)22)24-17(27)11-28-18-25-23-12-26(18)16-8-3-2-4-9-16/h2-10,12-13H,11H2,1H3,(H,24,27). The Balaban J connectivity index is 1.61. The fourth-order valence-corrected chi connectivity index (χ4v) is 3.31. The van der Waals surface area contributed by atoms with Crippen molar-refractivity contribution in [2.24, 2.45) is 0 Å². The van der Waals surface area contributed by atoms with E-state index in [1.165, 1.54) is 17.8 Å². The average Bonchev–Trinajstić information content (AvgIpc) is 3.15. The molecule has 3 rings (SSSR count). The van der Waals surface area contributed by atoms with Crippen LogP contribution in [0.15, 0.2) is 66.1 Å². The van der Waals surface area contributed by atoms with Crippen molar-refractivity contribution in [2.45, 2.75) is 24.3 Å². The number of thioether (sulfide) groups is 1. The second-order valence-electron chi connectivity index (χ2n) is 6.02. The molecule has 0 bridgehead atoms. The van der Waals surface area contributed by atoms with Gasteiger partial charge in [-0.1, -0.05) is 42.1 Å². The first kappa shape index (κ1) is 19.9. The minimum absolute atomic E-state index is 0.0643. The summed E-state index contributed by atoms with van der Waals surface area (Å²) in [6.07, 6.45) is -2.86. The second kappa shape index (κ2) is 8.47. The molecule has 0 spiro atoms. The van der Waals surface area contributed by atoms with Gasteiger partial charge in [-0.25, -0.2) is 0 Å². The zero-order valence-corrected chi connectivity index (χ0v) is 15.7. The Morgan fingerprint density at radius 3 is 2.64 bits per heavy atom. The van der Waals surface area contributed by atoms with E-state index in [9.17, 15) is 18.0 Å². The normalized spacial score (nSPS) is 12.6. The van der Waals surface area contributed by atoms with E-state index in [1.807, 2.05) is 30.3 Å². The van der Waals surface area contributed by atoms with E-state index in [2.05, 4.69) is 15.5 Å². The highest BCUT2D eigenvalue weighted by molar-refractivity contribution is 7.99. The minimum atomic E-state index is -4.42. The number of carbonyl (C=O) groups excluding carboxylic acids is 1. The highest BCUT2D eigenvalue weighted by atomic mass is 32.2. The smallest absolute Gasteiger partial charge is 0.349 e. The van der Waals surface area contributed by atoms with Crippen LogP contribution in [0.4, 0.5) is 13.2 Å². The summed E-state index contributed by atoms with van der Waals surface area (Å²) in [7, 11) is 0. The zero-order chi connectivity index (χ0) is 20.1. The summed E-state index contributed by atoms with van der Waals surface area (Å²) in [6, 6.07) is 13.8. The zero-order valence-electron chi connectivity index (χ0n) is 14.8. The van der Waals surface area contributed by atoms with Gasteiger partial charge in [0.05, 0.1) is 17.4 Å². The second-order valence-corrected chi connectivity index (χ2v) is 6.96. The van der Waals surface area contributed by atoms with Gasteiger partial charge in [0.2, 0.25) is 5.91 Å². The fourth-order valence-electron chi connectivity index (χ4n) is 2.57. The Morgan fingerprint density at radius 1 is 1.18 bits per heavy atom. The van der Waals surface area contributed by atoms with Gasteiger partial charge >= 0.3 is 6.18 Å². The molecule has 1 N–H and O–H groups in total. The van der Waals surface area contributed by atoms with Crippen molar-refractivity contribution in [2.75, 3.05) is 5.75 Å². The molecule has 1 unspecified atom stereocenters. The first-order valence-corrected chi connectivity index (χ1v) is 9.38. The number of hydrogen-bond acceptors (Lipinski definition) is 4. The summed E-state index contributed by atoms with van der Waals surface area (Å²) in [5.74, 6) is -0.244. The Bertz CT molecular complexity index is 944. The molecule has 0 saturated carbocycles. The monoisotopic (exact) mass is 406 g/mol. The van der Waals surface area contributed by atoms with Crippen molar-refractivity contribution in [3.63, 3.8) is 0 Å². The van der Waals surface area contributed by atoms with Crippen molar-refractivity contribution in [3.8, 4) is 5.69 Å². The molecule has 0 aliphatic carbocycles. The van der Waals surface area contributed by atoms with E-state index in [4.69, 9.17) is 0 Å². The number of rotatable bonds is 6. The highest BCUT2D eigenvalue weighted by Crippen LogP contribution is 2.30. The van der Waals surface area contributed by atoms with Crippen LogP contribution in [-0.4, -0.2) is 26.4 Å². The maximum atomic E-state index is 12.8. The molecule has 1 aromatic heterocycles. The van der Waals surface area contributed by atoms with Crippen molar-refractivity contribution in [3.05, 3.63) is 72.1 Å². The predicted octanol–water partition coefficient (Wildman–Crippen LogP) is 4.26. The summed E-state index contributed by atoms with van der Waals surface area (Å²) < 4.78 is 40.3. The van der Waals surface area contributed by atoms with Crippen LogP contribution in [0.2, 0.25) is 0 Å². The van der Waals surface area contributed by atoms with E-state index in [0.717, 1.165) is 17.8 Å². The van der Waals surface area contributed by atoms with Gasteiger partial charge in [0.1, 0.15) is 6.33 Å². The molecule has 1 heterocycles. The van der Waals surface area contributed by atoms with Gasteiger partial charge in [-0.15, -0.1) is 10.2 Å². The summed E-state index contributed by atoms with van der Waals surface area (Å²) >= 11 is 1.20. The van der Waals surface area contributed by atoms with Crippen molar-refractivity contribution < 1.29 is 18.0 Å². The lowest BCUT2D eigenvalue weighted by Crippen LogP contribution is -2.28. The number of aromatic nitrogens is 3. The van der Waals surface area contributed by atoms with Gasteiger partial charge in [0.25, 0.3) is 0 Å². The van der Waals surface area contributed by atoms with E-state index >= 15 is 0 Å². The third-order valence-corrected chi connectivity index (χ3v) is 4.92. The fraction of sp³-hybridized carbons (Fsp3) is 0.211. The molecule has 5 nitrogen and oxygen atoms in total. The van der Waals surface area contributed by atoms with Crippen LogP contribution in [0.3, 0.4) is 0 Å². The highest BCUT2D eigenvalue weighted by Gasteiger charge is 2.30. The van der Waals surface area contributed by atoms with E-state index in [-0.39, 0.29) is 11.7 Å². The number of nitrogens with one attached hydrogen (secondary N) is 1. The number of para-hydroxylation sites is 1. The Labute approximate surface area is 164 Å². The molecule has 2 aromatic carbocycles. The van der Waals surface area contributed by atoms with Crippen LogP contribution < -0.4 is 5.32 Å². The van der Waals surface area contributed by atoms with Gasteiger partial charge < -0.3 is 5.32 Å². The molecule has 28 heavy (non-hydrogen) atoms. The number of carbonyl (C=O) groups is 1. The van der Waals surface area contributed by atoms with E-state index in [1.54, 1.807) is 23.9 Å². The summed E-state index contributed by atoms with van der Waals surface area (Å²) in [5, 5.41) is 11.1. The van der Waals surface area contributed by atoms with Crippen LogP contribution >= 0.6 is 11.8 Å². The summed E-state index contributed by atoms with van der Waals surface area (Å²) in [6.45, 7) is 1.64. The molecule has 0 aliphatic heterocycles. The molecule has 0 fully saturated rings. The van der Waals surface area contributed by atoms with Crippen LogP contribution in [0.1, 0.15) is 24.1 Å². The summed E-state index contributed by atoms with van der Waals surface area (Å²) in [4.78, 5) is 12.2. The number of benzene rings is 2. The quantitative estimate of drug-likeness (QED) is 0.622. The van der Waals surface area contributed by atoms with Crippen LogP contribution in [0.25, 0.3) is 5.69 Å². The number of nitrogens with zero attached hydrogens (tertiary/aromatic N) is 3. The lowest BCUT2D eigenvalue weighted by atomic mass is 10.0. The lowest BCUT2D eigenvalue weighted by molar-refractivity contribution is -0.137. The van der Waals surface area contributed by atoms with Crippen molar-refractivity contribution in [1.82, 2.24) is 20.1 Å². The van der Waals surface area contributed by atoms with E-state index < -0.39 is 17.8 Å². The first-order chi connectivity index (χ1) is 13.3. The number of amides is 1. The number of alkyl halides is 3. The molecular weight excluding hydrogens is 389 g/mol. The predicted molar refractivity (Wildman–Crippen MR) is 100 cm³/mol. The molecule has 1 amide bonds. The molecular formula is C19H17F3N4OS. The largest absolute Gasteiger partial charge is 0.416 e. The van der Waals surface area contributed by atoms with Gasteiger partial charge in [-0.05, 0) is 36.8 Å². The third-order valence-electron chi connectivity index (χ3n) is 3.97. The maximum Gasteiger partial charge on any atom is 0.416 e. The van der Waals surface area contributed by atoms with Crippen LogP contribution in [-0.2, 0) is 11.0 Å². The molecule has 0 saturated heterocycles. The van der Waals surface area contributed by atoms with Gasteiger partial charge in [-0.2, -0.15) is 13.2 Å².